The van der Waals surface area contributed by atoms with E-state index in [1.54, 1.807) is 12.3 Å². The van der Waals surface area contributed by atoms with Crippen molar-refractivity contribution in [3.8, 4) is 0 Å². The van der Waals surface area contributed by atoms with Gasteiger partial charge in [-0.25, -0.2) is 5.43 Å². The number of aromatic nitrogens is 1. The number of fused-ring (bicyclic) bond motifs is 1. The monoisotopic (exact) mass is 444 g/mol. The van der Waals surface area contributed by atoms with Crippen LogP contribution in [0.1, 0.15) is 29.8 Å². The van der Waals surface area contributed by atoms with Gasteiger partial charge in [0.05, 0.1) is 16.8 Å². The number of nitrogens with one attached hydrogen (secondary N) is 2. The number of benzene rings is 2. The summed E-state index contributed by atoms with van der Waals surface area (Å²) >= 11 is 12.0. The van der Waals surface area contributed by atoms with Crippen LogP contribution in [-0.4, -0.2) is 28.6 Å². The maximum atomic E-state index is 12.7. The van der Waals surface area contributed by atoms with Crippen LogP contribution in [0.2, 0.25) is 10.0 Å². The molecule has 156 valence electrons. The Balaban J connectivity index is 1.71. The molecule has 30 heavy (non-hydrogen) atoms. The summed E-state index contributed by atoms with van der Waals surface area (Å²) < 4.78 is 1.99. The van der Waals surface area contributed by atoms with E-state index in [9.17, 15) is 9.59 Å². The van der Waals surface area contributed by atoms with E-state index >= 15 is 0 Å². The van der Waals surface area contributed by atoms with Crippen LogP contribution < -0.4 is 10.7 Å². The van der Waals surface area contributed by atoms with Crippen molar-refractivity contribution in [1.82, 2.24) is 15.3 Å². The molecule has 1 heterocycles. The Morgan fingerprint density at radius 3 is 2.57 bits per heavy atom. The molecule has 0 fully saturated rings. The normalized spacial score (nSPS) is 12.5. The largest absolute Gasteiger partial charge is 0.350 e. The number of rotatable bonds is 6. The van der Waals surface area contributed by atoms with Crippen LogP contribution in [0.5, 0.6) is 0 Å². The molecule has 0 spiro atoms. The molecule has 6 nitrogen and oxygen atoms in total. The molecule has 1 aromatic heterocycles. The van der Waals surface area contributed by atoms with Crippen molar-refractivity contribution in [1.29, 1.82) is 0 Å². The van der Waals surface area contributed by atoms with Crippen LogP contribution in [0.3, 0.4) is 0 Å². The first kappa shape index (κ1) is 21.9. The molecule has 0 aliphatic rings. The zero-order valence-electron chi connectivity index (χ0n) is 16.8. The molecular formula is C22H22Cl2N4O2. The molecule has 0 saturated carbocycles. The van der Waals surface area contributed by atoms with Gasteiger partial charge in [0.2, 0.25) is 0 Å². The molecule has 1 atom stereocenters. The SMILES string of the molecule is CC(C)C(NC(=O)c1ccc(Cl)cc1Cl)C(=O)NN=Cc1cn(C)c2ccccc12. The second-order valence-electron chi connectivity index (χ2n) is 7.27. The number of hydrogen-bond acceptors (Lipinski definition) is 3. The maximum Gasteiger partial charge on any atom is 0.262 e. The molecule has 0 aliphatic carbocycles. The van der Waals surface area contributed by atoms with E-state index in [1.807, 2.05) is 55.9 Å². The summed E-state index contributed by atoms with van der Waals surface area (Å²) in [5, 5.41) is 8.48. The minimum atomic E-state index is -0.783. The lowest BCUT2D eigenvalue weighted by atomic mass is 10.0. The van der Waals surface area contributed by atoms with Gasteiger partial charge >= 0.3 is 0 Å². The molecule has 3 aromatic rings. The summed E-state index contributed by atoms with van der Waals surface area (Å²) in [7, 11) is 1.95. The van der Waals surface area contributed by atoms with Gasteiger partial charge in [-0.05, 0) is 30.2 Å². The van der Waals surface area contributed by atoms with Gasteiger partial charge in [0.1, 0.15) is 6.04 Å². The van der Waals surface area contributed by atoms with Crippen molar-refractivity contribution in [3.05, 3.63) is 69.8 Å². The van der Waals surface area contributed by atoms with Gasteiger partial charge in [0, 0.05) is 34.7 Å². The summed E-state index contributed by atoms with van der Waals surface area (Å²) in [5.41, 5.74) is 4.72. The van der Waals surface area contributed by atoms with Gasteiger partial charge < -0.3 is 9.88 Å². The van der Waals surface area contributed by atoms with E-state index in [-0.39, 0.29) is 16.5 Å². The molecule has 2 aromatic carbocycles. The van der Waals surface area contributed by atoms with Crippen LogP contribution in [0.25, 0.3) is 10.9 Å². The number of carbonyl (C=O) groups excluding carboxylic acids is 2. The van der Waals surface area contributed by atoms with Crippen molar-refractivity contribution in [2.75, 3.05) is 0 Å². The Hall–Kier alpha value is -2.83. The highest BCUT2D eigenvalue weighted by Gasteiger charge is 2.25. The minimum absolute atomic E-state index is 0.159. The van der Waals surface area contributed by atoms with Crippen molar-refractivity contribution in [3.63, 3.8) is 0 Å². The summed E-state index contributed by atoms with van der Waals surface area (Å²) in [6.07, 6.45) is 3.53. The van der Waals surface area contributed by atoms with Gasteiger partial charge in [-0.1, -0.05) is 55.2 Å². The fourth-order valence-electron chi connectivity index (χ4n) is 3.14. The lowest BCUT2D eigenvalue weighted by Gasteiger charge is -2.20. The Kier molecular flexibility index (Phi) is 6.80. The van der Waals surface area contributed by atoms with Gasteiger partial charge in [0.25, 0.3) is 11.8 Å². The minimum Gasteiger partial charge on any atom is -0.350 e. The topological polar surface area (TPSA) is 75.5 Å². The van der Waals surface area contributed by atoms with Crippen LogP contribution in [-0.2, 0) is 11.8 Å². The lowest BCUT2D eigenvalue weighted by Crippen LogP contribution is -2.48. The smallest absolute Gasteiger partial charge is 0.262 e. The first-order valence-electron chi connectivity index (χ1n) is 9.41. The van der Waals surface area contributed by atoms with Gasteiger partial charge in [-0.3, -0.25) is 9.59 Å². The highest BCUT2D eigenvalue weighted by Crippen LogP contribution is 2.21. The predicted octanol–water partition coefficient (Wildman–Crippen LogP) is 4.39. The molecule has 8 heteroatoms. The number of para-hydroxylation sites is 1. The highest BCUT2D eigenvalue weighted by molar-refractivity contribution is 6.36. The number of carbonyl (C=O) groups is 2. The molecule has 1 unspecified atom stereocenters. The van der Waals surface area contributed by atoms with Crippen LogP contribution in [0.4, 0.5) is 0 Å². The van der Waals surface area contributed by atoms with Crippen LogP contribution >= 0.6 is 23.2 Å². The first-order chi connectivity index (χ1) is 14.3. The molecule has 2 amide bonds. The zero-order chi connectivity index (χ0) is 21.8. The maximum absolute atomic E-state index is 12.7. The number of halogens is 2. The summed E-state index contributed by atoms with van der Waals surface area (Å²) in [4.78, 5) is 25.2. The number of nitrogens with zero attached hydrogens (tertiary/aromatic N) is 2. The fraction of sp³-hybridized carbons (Fsp3) is 0.227. The zero-order valence-corrected chi connectivity index (χ0v) is 18.3. The van der Waals surface area contributed by atoms with E-state index in [4.69, 9.17) is 23.2 Å². The third-order valence-electron chi connectivity index (χ3n) is 4.72. The van der Waals surface area contributed by atoms with Crippen molar-refractivity contribution in [2.45, 2.75) is 19.9 Å². The van der Waals surface area contributed by atoms with Gasteiger partial charge in [0.15, 0.2) is 0 Å². The Labute approximate surface area is 184 Å². The first-order valence-corrected chi connectivity index (χ1v) is 10.2. The summed E-state index contributed by atoms with van der Waals surface area (Å²) in [6, 6.07) is 11.7. The average molecular weight is 445 g/mol. The van der Waals surface area contributed by atoms with Crippen LogP contribution in [0.15, 0.2) is 53.8 Å². The van der Waals surface area contributed by atoms with E-state index in [2.05, 4.69) is 15.8 Å². The number of hydrazone groups is 1. The Morgan fingerprint density at radius 2 is 1.87 bits per heavy atom. The molecule has 0 saturated heterocycles. The quantitative estimate of drug-likeness (QED) is 0.436. The van der Waals surface area contributed by atoms with E-state index in [0.717, 1.165) is 16.5 Å². The Morgan fingerprint density at radius 1 is 1.13 bits per heavy atom. The second-order valence-corrected chi connectivity index (χ2v) is 8.11. The van der Waals surface area contributed by atoms with Gasteiger partial charge in [-0.15, -0.1) is 0 Å². The van der Waals surface area contributed by atoms with E-state index < -0.39 is 17.9 Å². The summed E-state index contributed by atoms with van der Waals surface area (Å²) in [5.74, 6) is -1.03. The second kappa shape index (κ2) is 9.32. The van der Waals surface area contributed by atoms with Crippen molar-refractivity contribution < 1.29 is 9.59 Å². The molecule has 0 radical (unpaired) electrons. The van der Waals surface area contributed by atoms with E-state index in [1.165, 1.54) is 12.1 Å². The molecule has 0 aliphatic heterocycles. The van der Waals surface area contributed by atoms with Gasteiger partial charge in [-0.2, -0.15) is 5.10 Å². The third-order valence-corrected chi connectivity index (χ3v) is 5.27. The molecular weight excluding hydrogens is 423 g/mol. The summed E-state index contributed by atoms with van der Waals surface area (Å²) in [6.45, 7) is 3.67. The standard InChI is InChI=1S/C22H22Cl2N4O2/c1-13(2)20(26-21(29)17-9-8-15(23)10-18(17)24)22(30)27-25-11-14-12-28(3)19-7-5-4-6-16(14)19/h4-13,20H,1-3H3,(H,26,29)(H,27,30). The van der Waals surface area contributed by atoms with E-state index in [0.29, 0.717) is 5.02 Å². The predicted molar refractivity (Wildman–Crippen MR) is 121 cm³/mol. The lowest BCUT2D eigenvalue weighted by molar-refractivity contribution is -0.123. The molecule has 3 rings (SSSR count). The fourth-order valence-corrected chi connectivity index (χ4v) is 3.63. The molecule has 0 bridgehead atoms. The number of hydrogen-bond donors (Lipinski definition) is 2. The van der Waals surface area contributed by atoms with Crippen molar-refractivity contribution >= 4 is 52.1 Å². The van der Waals surface area contributed by atoms with Crippen molar-refractivity contribution in [2.24, 2.45) is 18.1 Å². The highest BCUT2D eigenvalue weighted by atomic mass is 35.5. The average Bonchev–Trinajstić information content (AvgIpc) is 3.01. The Bertz CT molecular complexity index is 1120. The number of aryl methyl sites for hydroxylation is 1. The molecule has 2 N–H and O–H groups in total. The number of amides is 2. The third kappa shape index (κ3) is 4.83. The van der Waals surface area contributed by atoms with Crippen LogP contribution in [0, 0.1) is 5.92 Å².